The molecule has 3 aliphatic carbocycles. The number of allylic oxidation sites excluding steroid dienone is 4. The summed E-state index contributed by atoms with van der Waals surface area (Å²) in [5.74, 6) is 3.12. The lowest BCUT2D eigenvalue weighted by Gasteiger charge is -2.58. The smallest absolute Gasteiger partial charge is 0.178 e. The molecule has 1 aliphatic heterocycles. The number of likely N-dealkylation sites (tertiary alicyclic amines) is 1. The van der Waals surface area contributed by atoms with Crippen molar-refractivity contribution in [3.8, 4) is 18.4 Å². The zero-order valence-corrected chi connectivity index (χ0v) is 17.8. The van der Waals surface area contributed by atoms with E-state index in [1.54, 1.807) is 6.08 Å². The Labute approximate surface area is 174 Å². The standard InChI is InChI=1S/C25H30N2O2/c1-5-25-9-8-20-23(2,3)22(29)17(15-26)13-24(20,4)21(25)12-19(28)18(14-25)16-27-10-6-7-11-27/h1,12-13,18,20H,6-11,14,16H2,2-4H3. The average Bonchev–Trinajstić information content (AvgIpc) is 3.19. The average molecular weight is 391 g/mol. The summed E-state index contributed by atoms with van der Waals surface area (Å²) in [7, 11) is 0. The van der Waals surface area contributed by atoms with E-state index in [0.717, 1.165) is 38.0 Å². The number of carbonyl (C=O) groups is 2. The van der Waals surface area contributed by atoms with Crippen molar-refractivity contribution in [1.82, 2.24) is 4.90 Å². The summed E-state index contributed by atoms with van der Waals surface area (Å²) < 4.78 is 0. The summed E-state index contributed by atoms with van der Waals surface area (Å²) in [5.41, 5.74) is -0.488. The predicted molar refractivity (Wildman–Crippen MR) is 111 cm³/mol. The van der Waals surface area contributed by atoms with Crippen LogP contribution in [0, 0.1) is 51.8 Å². The van der Waals surface area contributed by atoms with Crippen LogP contribution in [0.4, 0.5) is 0 Å². The summed E-state index contributed by atoms with van der Waals surface area (Å²) >= 11 is 0. The number of fused-ring (bicyclic) bond motifs is 3. The van der Waals surface area contributed by atoms with Crippen LogP contribution in [0.5, 0.6) is 0 Å². The largest absolute Gasteiger partial charge is 0.303 e. The van der Waals surface area contributed by atoms with Gasteiger partial charge in [0.2, 0.25) is 0 Å². The van der Waals surface area contributed by atoms with Crippen molar-refractivity contribution in [2.24, 2.45) is 28.1 Å². The molecule has 0 N–H and O–H groups in total. The van der Waals surface area contributed by atoms with Gasteiger partial charge >= 0.3 is 0 Å². The lowest BCUT2D eigenvalue weighted by molar-refractivity contribution is -0.130. The molecule has 4 aliphatic rings. The van der Waals surface area contributed by atoms with Crippen LogP contribution in [0.25, 0.3) is 0 Å². The van der Waals surface area contributed by atoms with Gasteiger partial charge in [0.05, 0.1) is 11.0 Å². The van der Waals surface area contributed by atoms with Gasteiger partial charge < -0.3 is 4.90 Å². The zero-order chi connectivity index (χ0) is 21.0. The Balaban J connectivity index is 1.79. The molecule has 4 unspecified atom stereocenters. The molecule has 1 heterocycles. The second-order valence-corrected chi connectivity index (χ2v) is 10.2. The molecule has 1 saturated carbocycles. The van der Waals surface area contributed by atoms with E-state index in [2.05, 4.69) is 23.8 Å². The molecule has 2 fully saturated rings. The lowest BCUT2D eigenvalue weighted by Crippen LogP contribution is -2.55. The van der Waals surface area contributed by atoms with E-state index in [4.69, 9.17) is 6.42 Å². The topological polar surface area (TPSA) is 61.2 Å². The maximum Gasteiger partial charge on any atom is 0.178 e. The normalized spacial score (nSPS) is 38.9. The SMILES string of the molecule is C#CC12CCC3C(C)(C)C(=O)C(C#N)=CC3(C)C1=CC(=O)C(CN1CCCC1)C2. The van der Waals surface area contributed by atoms with Gasteiger partial charge in [0.25, 0.3) is 0 Å². The van der Waals surface area contributed by atoms with Crippen molar-refractivity contribution in [1.29, 1.82) is 5.26 Å². The highest BCUT2D eigenvalue weighted by Crippen LogP contribution is 2.64. The van der Waals surface area contributed by atoms with Crippen molar-refractivity contribution in [3.05, 3.63) is 23.3 Å². The summed E-state index contributed by atoms with van der Waals surface area (Å²) in [5, 5.41) is 9.60. The van der Waals surface area contributed by atoms with Crippen molar-refractivity contribution < 1.29 is 9.59 Å². The molecule has 0 spiro atoms. The highest BCUT2D eigenvalue weighted by Gasteiger charge is 2.60. The fourth-order valence-electron chi connectivity index (χ4n) is 6.70. The Bertz CT molecular complexity index is 906. The number of nitriles is 1. The molecule has 4 atom stereocenters. The number of rotatable bonds is 2. The number of ketones is 2. The van der Waals surface area contributed by atoms with Crippen molar-refractivity contribution in [2.45, 2.75) is 52.9 Å². The Morgan fingerprint density at radius 1 is 1.24 bits per heavy atom. The van der Waals surface area contributed by atoms with Crippen LogP contribution >= 0.6 is 0 Å². The van der Waals surface area contributed by atoms with Crippen LogP contribution in [-0.4, -0.2) is 36.1 Å². The van der Waals surface area contributed by atoms with Gasteiger partial charge in [0.1, 0.15) is 6.07 Å². The third kappa shape index (κ3) is 2.84. The summed E-state index contributed by atoms with van der Waals surface area (Å²) in [4.78, 5) is 28.4. The zero-order valence-electron chi connectivity index (χ0n) is 17.8. The maximum atomic E-state index is 13.2. The summed E-state index contributed by atoms with van der Waals surface area (Å²) in [6.07, 6.45) is 14.5. The lowest BCUT2D eigenvalue weighted by atomic mass is 9.44. The highest BCUT2D eigenvalue weighted by molar-refractivity contribution is 6.04. The van der Waals surface area contributed by atoms with Crippen LogP contribution in [0.3, 0.4) is 0 Å². The third-order valence-corrected chi connectivity index (χ3v) is 8.18. The van der Waals surface area contributed by atoms with Crippen molar-refractivity contribution >= 4 is 11.6 Å². The molecule has 4 nitrogen and oxygen atoms in total. The number of nitrogens with zero attached hydrogens (tertiary/aromatic N) is 2. The first-order chi connectivity index (χ1) is 13.7. The van der Waals surface area contributed by atoms with Crippen LogP contribution in [0.2, 0.25) is 0 Å². The molecule has 4 heteroatoms. The quantitative estimate of drug-likeness (QED) is 0.675. The Hall–Kier alpha value is -2.17. The molecule has 0 aromatic carbocycles. The number of terminal acetylenes is 1. The van der Waals surface area contributed by atoms with Gasteiger partial charge in [-0.15, -0.1) is 6.42 Å². The third-order valence-electron chi connectivity index (χ3n) is 8.18. The number of Topliss-reactive ketones (excluding diaryl/α,β-unsaturated/α-hetero) is 1. The molecule has 4 rings (SSSR count). The van der Waals surface area contributed by atoms with Crippen molar-refractivity contribution in [3.63, 3.8) is 0 Å². The fraction of sp³-hybridized carbons (Fsp3) is 0.640. The van der Waals surface area contributed by atoms with Gasteiger partial charge in [0.15, 0.2) is 11.6 Å². The van der Waals surface area contributed by atoms with E-state index in [9.17, 15) is 14.9 Å². The van der Waals surface area contributed by atoms with Gasteiger partial charge in [-0.25, -0.2) is 0 Å². The van der Waals surface area contributed by atoms with Crippen molar-refractivity contribution in [2.75, 3.05) is 19.6 Å². The monoisotopic (exact) mass is 390 g/mol. The Morgan fingerprint density at radius 2 is 1.93 bits per heavy atom. The van der Waals surface area contributed by atoms with Gasteiger partial charge in [-0.1, -0.05) is 32.8 Å². The van der Waals surface area contributed by atoms with Crippen LogP contribution in [-0.2, 0) is 9.59 Å². The first kappa shape index (κ1) is 20.1. The van der Waals surface area contributed by atoms with E-state index < -0.39 is 16.2 Å². The minimum absolute atomic E-state index is 0.0373. The molecule has 0 amide bonds. The molecule has 0 aromatic rings. The Kier molecular flexibility index (Phi) is 4.63. The fourth-order valence-corrected chi connectivity index (χ4v) is 6.70. The molecule has 0 aromatic heterocycles. The van der Waals surface area contributed by atoms with E-state index in [-0.39, 0.29) is 29.0 Å². The minimum atomic E-state index is -0.647. The van der Waals surface area contributed by atoms with E-state index in [1.165, 1.54) is 12.8 Å². The number of hydrogen-bond donors (Lipinski definition) is 0. The molecule has 0 radical (unpaired) electrons. The number of carbonyl (C=O) groups excluding carboxylic acids is 2. The molecular formula is C25H30N2O2. The molecule has 1 saturated heterocycles. The van der Waals surface area contributed by atoms with E-state index in [1.807, 2.05) is 19.9 Å². The summed E-state index contributed by atoms with van der Waals surface area (Å²) in [6.45, 7) is 8.87. The maximum absolute atomic E-state index is 13.2. The molecule has 152 valence electrons. The first-order valence-electron chi connectivity index (χ1n) is 10.8. The predicted octanol–water partition coefficient (Wildman–Crippen LogP) is 3.69. The first-order valence-corrected chi connectivity index (χ1v) is 10.8. The second kappa shape index (κ2) is 6.68. The summed E-state index contributed by atoms with van der Waals surface area (Å²) in [6, 6.07) is 2.10. The Morgan fingerprint density at radius 3 is 2.55 bits per heavy atom. The van der Waals surface area contributed by atoms with E-state index >= 15 is 0 Å². The molecule has 0 bridgehead atoms. The van der Waals surface area contributed by atoms with Crippen LogP contribution in [0.1, 0.15) is 52.9 Å². The van der Waals surface area contributed by atoms with Crippen LogP contribution < -0.4 is 0 Å². The highest BCUT2D eigenvalue weighted by atomic mass is 16.1. The minimum Gasteiger partial charge on any atom is -0.303 e. The second-order valence-electron chi connectivity index (χ2n) is 10.2. The van der Waals surface area contributed by atoms with Gasteiger partial charge in [-0.3, -0.25) is 9.59 Å². The number of hydrogen-bond acceptors (Lipinski definition) is 4. The van der Waals surface area contributed by atoms with Gasteiger partial charge in [-0.2, -0.15) is 5.26 Å². The van der Waals surface area contributed by atoms with Crippen LogP contribution in [0.15, 0.2) is 23.3 Å². The molecular weight excluding hydrogens is 360 g/mol. The van der Waals surface area contributed by atoms with Gasteiger partial charge in [0, 0.05) is 23.3 Å². The van der Waals surface area contributed by atoms with Gasteiger partial charge in [-0.05, 0) is 62.8 Å². The van der Waals surface area contributed by atoms with E-state index in [0.29, 0.717) is 6.42 Å². The molecule has 29 heavy (non-hydrogen) atoms.